The van der Waals surface area contributed by atoms with Crippen LogP contribution in [0, 0.1) is 0 Å². The first-order valence-electron chi connectivity index (χ1n) is 13.3. The number of benzene rings is 2. The van der Waals surface area contributed by atoms with E-state index in [-0.39, 0.29) is 0 Å². The van der Waals surface area contributed by atoms with Crippen molar-refractivity contribution in [2.24, 2.45) is 0 Å². The Hall–Kier alpha value is -2.58. The smallest absolute Gasteiger partial charge is 0.170 e. The molecule has 2 aromatic carbocycles. The molecule has 2 aliphatic heterocycles. The minimum atomic E-state index is -1.34. The molecule has 0 N–H and O–H groups in total. The topological polar surface area (TPSA) is 50.7 Å². The third-order valence-electron chi connectivity index (χ3n) is 7.76. The average molecular weight is 525 g/mol. The third kappa shape index (κ3) is 5.65. The summed E-state index contributed by atoms with van der Waals surface area (Å²) in [6, 6.07) is 14.8. The van der Waals surface area contributed by atoms with Crippen molar-refractivity contribution >= 4 is 34.5 Å². The van der Waals surface area contributed by atoms with Gasteiger partial charge >= 0.3 is 0 Å². The number of nitrogens with zero attached hydrogens (tertiary/aromatic N) is 4. The Balaban J connectivity index is 0.000000655. The number of ether oxygens (including phenoxy) is 1. The van der Waals surface area contributed by atoms with Crippen molar-refractivity contribution in [3.63, 3.8) is 0 Å². The van der Waals surface area contributed by atoms with Crippen LogP contribution in [-0.4, -0.2) is 56.6 Å². The minimum absolute atomic E-state index is 0.366. The van der Waals surface area contributed by atoms with Gasteiger partial charge < -0.3 is 18.7 Å². The van der Waals surface area contributed by atoms with Crippen LogP contribution in [-0.2, 0) is 9.85 Å². The van der Waals surface area contributed by atoms with Crippen molar-refractivity contribution in [2.45, 2.75) is 50.1 Å². The molecule has 198 valence electrons. The zero-order valence-corrected chi connectivity index (χ0v) is 22.9. The fraction of sp³-hybridized carbons (Fsp3) is 0.517. The van der Waals surface area contributed by atoms with Gasteiger partial charge in [0.2, 0.25) is 0 Å². The van der Waals surface area contributed by atoms with Crippen LogP contribution in [0.2, 0.25) is 0 Å². The summed E-state index contributed by atoms with van der Waals surface area (Å²) in [5.41, 5.74) is 2.02. The second-order valence-electron chi connectivity index (χ2n) is 10.1. The van der Waals surface area contributed by atoms with Gasteiger partial charge in [0.1, 0.15) is 11.6 Å². The number of hydrogen-bond acceptors (Lipinski definition) is 7. The molecule has 8 heteroatoms. The molecule has 1 aliphatic carbocycles. The highest BCUT2D eigenvalue weighted by molar-refractivity contribution is 7.93. The predicted molar refractivity (Wildman–Crippen MR) is 151 cm³/mol. The largest absolute Gasteiger partial charge is 0.496 e. The van der Waals surface area contributed by atoms with Gasteiger partial charge in [-0.1, -0.05) is 18.2 Å². The van der Waals surface area contributed by atoms with E-state index in [2.05, 4.69) is 49.3 Å². The number of fused-ring (bicyclic) bond motifs is 1. The van der Waals surface area contributed by atoms with Gasteiger partial charge in [-0.15, -0.1) is 0 Å². The molecule has 0 radical (unpaired) electrons. The number of aromatic nitrogens is 2. The number of rotatable bonds is 6. The molecule has 3 heterocycles. The maximum absolute atomic E-state index is 15.0. The Morgan fingerprint density at radius 1 is 0.946 bits per heavy atom. The third-order valence-corrected chi connectivity index (χ3v) is 8.09. The van der Waals surface area contributed by atoms with Gasteiger partial charge in [-0.2, -0.15) is 0 Å². The van der Waals surface area contributed by atoms with Crippen molar-refractivity contribution in [3.8, 4) is 5.75 Å². The lowest BCUT2D eigenvalue weighted by atomic mass is 9.88. The summed E-state index contributed by atoms with van der Waals surface area (Å²) >= 11 is 1.36. The van der Waals surface area contributed by atoms with E-state index in [0.29, 0.717) is 24.6 Å². The Labute approximate surface area is 223 Å². The predicted octanol–water partition coefficient (Wildman–Crippen LogP) is 6.49. The number of anilines is 2. The molecule has 3 aliphatic rings. The number of para-hydroxylation sites is 1. The standard InChI is InChI=1S/C27H31FN4O.C2H6OS/c1-33-24-7-3-2-6-21(24)19-10-16-32(17-11-19)25-22-18-20(31-14-4-5-15-31)8-9-23(22)29-26(30-25)27(28)12-13-27;1-3-4-2/h2-3,6-9,18-19H,4-5,10-17H2,1H3;1-2H3. The Morgan fingerprint density at radius 3 is 2.30 bits per heavy atom. The molecule has 6 rings (SSSR count). The van der Waals surface area contributed by atoms with Crippen molar-refractivity contribution in [1.82, 2.24) is 9.97 Å². The molecule has 6 nitrogen and oxygen atoms in total. The van der Waals surface area contributed by atoms with Crippen LogP contribution in [0.15, 0.2) is 42.5 Å². The number of hydrogen-bond donors (Lipinski definition) is 0. The molecule has 37 heavy (non-hydrogen) atoms. The SMILES string of the molecule is COSC.COc1ccccc1C1CCN(c2nc(C3(F)CC3)nc3ccc(N4CCCC4)cc23)CC1. The Morgan fingerprint density at radius 2 is 1.65 bits per heavy atom. The molecule has 3 fully saturated rings. The number of halogens is 1. The van der Waals surface area contributed by atoms with E-state index in [9.17, 15) is 0 Å². The first-order valence-corrected chi connectivity index (χ1v) is 14.4. The van der Waals surface area contributed by atoms with Gasteiger partial charge in [-0.05, 0) is 86.3 Å². The van der Waals surface area contributed by atoms with Crippen LogP contribution in [0.25, 0.3) is 10.9 Å². The normalized spacial score (nSPS) is 19.0. The second kappa shape index (κ2) is 11.4. The molecule has 1 saturated carbocycles. The summed E-state index contributed by atoms with van der Waals surface area (Å²) in [6.45, 7) is 3.97. The van der Waals surface area contributed by atoms with E-state index >= 15 is 4.39 Å². The highest BCUT2D eigenvalue weighted by Crippen LogP contribution is 2.49. The second-order valence-corrected chi connectivity index (χ2v) is 10.7. The van der Waals surface area contributed by atoms with E-state index in [0.717, 1.165) is 61.5 Å². The van der Waals surface area contributed by atoms with Crippen LogP contribution in [0.4, 0.5) is 15.9 Å². The fourth-order valence-electron chi connectivity index (χ4n) is 5.45. The molecule has 0 amide bonds. The molecular weight excluding hydrogens is 487 g/mol. The summed E-state index contributed by atoms with van der Waals surface area (Å²) in [4.78, 5) is 14.3. The van der Waals surface area contributed by atoms with Gasteiger partial charge in [0.15, 0.2) is 11.5 Å². The van der Waals surface area contributed by atoms with Gasteiger partial charge in [0.05, 0.1) is 19.7 Å². The zero-order valence-electron chi connectivity index (χ0n) is 22.1. The highest BCUT2D eigenvalue weighted by Gasteiger charge is 2.48. The highest BCUT2D eigenvalue weighted by atomic mass is 32.2. The molecule has 0 spiro atoms. The van der Waals surface area contributed by atoms with E-state index in [1.54, 1.807) is 14.2 Å². The van der Waals surface area contributed by atoms with Crippen LogP contribution < -0.4 is 14.5 Å². The quantitative estimate of drug-likeness (QED) is 0.342. The van der Waals surface area contributed by atoms with Gasteiger partial charge in [0.25, 0.3) is 0 Å². The molecule has 0 bridgehead atoms. The molecule has 2 saturated heterocycles. The van der Waals surface area contributed by atoms with Crippen LogP contribution in [0.1, 0.15) is 55.8 Å². The minimum Gasteiger partial charge on any atom is -0.496 e. The summed E-state index contributed by atoms with van der Waals surface area (Å²) in [5.74, 6) is 2.69. The van der Waals surface area contributed by atoms with Crippen LogP contribution >= 0.6 is 12.0 Å². The van der Waals surface area contributed by atoms with E-state index in [1.165, 1.54) is 36.1 Å². The molecular formula is C29H37FN4O2S. The lowest BCUT2D eigenvalue weighted by Crippen LogP contribution is -2.34. The van der Waals surface area contributed by atoms with Crippen molar-refractivity contribution < 1.29 is 13.3 Å². The van der Waals surface area contributed by atoms with Gasteiger partial charge in [0, 0.05) is 43.5 Å². The molecule has 1 aromatic heterocycles. The van der Waals surface area contributed by atoms with Crippen molar-refractivity contribution in [2.75, 3.05) is 56.5 Å². The molecule has 3 aromatic rings. The van der Waals surface area contributed by atoms with Gasteiger partial charge in [-0.3, -0.25) is 0 Å². The van der Waals surface area contributed by atoms with Crippen molar-refractivity contribution in [1.29, 1.82) is 0 Å². The maximum atomic E-state index is 15.0. The average Bonchev–Trinajstić information content (AvgIpc) is 3.47. The number of alkyl halides is 1. The van der Waals surface area contributed by atoms with Crippen LogP contribution in [0.3, 0.4) is 0 Å². The van der Waals surface area contributed by atoms with E-state index in [4.69, 9.17) is 9.72 Å². The number of piperidine rings is 1. The van der Waals surface area contributed by atoms with Crippen molar-refractivity contribution in [3.05, 3.63) is 53.9 Å². The summed E-state index contributed by atoms with van der Waals surface area (Å²) in [6.07, 6.45) is 7.45. The summed E-state index contributed by atoms with van der Waals surface area (Å²) in [7, 11) is 3.38. The molecule has 0 atom stereocenters. The maximum Gasteiger partial charge on any atom is 0.170 e. The monoisotopic (exact) mass is 524 g/mol. The molecule has 0 unspecified atom stereocenters. The van der Waals surface area contributed by atoms with E-state index < -0.39 is 5.67 Å². The Kier molecular flexibility index (Phi) is 8.05. The number of methoxy groups -OCH3 is 1. The summed E-state index contributed by atoms with van der Waals surface area (Å²) in [5, 5.41) is 1.04. The van der Waals surface area contributed by atoms with Crippen LogP contribution in [0.5, 0.6) is 5.75 Å². The lowest BCUT2D eigenvalue weighted by Gasteiger charge is -2.34. The van der Waals surface area contributed by atoms with E-state index in [1.807, 2.05) is 18.4 Å². The first-order chi connectivity index (χ1) is 18.1. The summed E-state index contributed by atoms with van der Waals surface area (Å²) < 4.78 is 25.1. The fourth-order valence-corrected chi connectivity index (χ4v) is 5.45. The zero-order chi connectivity index (χ0) is 25.8. The Bertz CT molecular complexity index is 1210. The van der Waals surface area contributed by atoms with Gasteiger partial charge in [-0.25, -0.2) is 14.4 Å². The lowest BCUT2D eigenvalue weighted by molar-refractivity contribution is 0.301. The first kappa shape index (κ1) is 26.0.